The zero-order valence-electron chi connectivity index (χ0n) is 16.2. The van der Waals surface area contributed by atoms with E-state index < -0.39 is 0 Å². The van der Waals surface area contributed by atoms with Crippen molar-refractivity contribution in [2.24, 2.45) is 17.3 Å². The quantitative estimate of drug-likeness (QED) is 0.811. The zero-order valence-corrected chi connectivity index (χ0v) is 16.2. The van der Waals surface area contributed by atoms with Gasteiger partial charge in [-0.3, -0.25) is 9.69 Å². The first-order valence-corrected chi connectivity index (χ1v) is 10.0. The second-order valence-electron chi connectivity index (χ2n) is 9.55. The fraction of sp³-hybridized carbons (Fsp3) is 0.950. The van der Waals surface area contributed by atoms with Gasteiger partial charge in [-0.2, -0.15) is 0 Å². The minimum atomic E-state index is -0.229. The van der Waals surface area contributed by atoms with Crippen LogP contribution in [0.2, 0.25) is 0 Å². The molecule has 1 saturated heterocycles. The van der Waals surface area contributed by atoms with Gasteiger partial charge in [0.05, 0.1) is 5.54 Å². The Morgan fingerprint density at radius 2 is 1.92 bits per heavy atom. The fourth-order valence-electron chi connectivity index (χ4n) is 5.16. The van der Waals surface area contributed by atoms with Crippen LogP contribution in [0.1, 0.15) is 58.8 Å². The van der Waals surface area contributed by atoms with Gasteiger partial charge in [-0.1, -0.05) is 13.8 Å². The summed E-state index contributed by atoms with van der Waals surface area (Å²) in [5, 5.41) is 3.32. The van der Waals surface area contributed by atoms with E-state index in [2.05, 4.69) is 29.0 Å². The lowest BCUT2D eigenvalue weighted by molar-refractivity contribution is -0.138. The van der Waals surface area contributed by atoms with Crippen molar-refractivity contribution in [1.82, 2.24) is 15.1 Å². The maximum Gasteiger partial charge on any atom is 0.240 e. The summed E-state index contributed by atoms with van der Waals surface area (Å²) in [6.45, 7) is 9.23. The van der Waals surface area contributed by atoms with E-state index in [1.807, 2.05) is 14.1 Å². The molecule has 0 radical (unpaired) electrons. The molecule has 1 heterocycles. The molecule has 138 valence electrons. The van der Waals surface area contributed by atoms with Crippen molar-refractivity contribution in [3.63, 3.8) is 0 Å². The lowest BCUT2D eigenvalue weighted by atomic mass is 9.74. The van der Waals surface area contributed by atoms with Crippen LogP contribution in [0, 0.1) is 17.3 Å². The van der Waals surface area contributed by atoms with E-state index in [1.54, 1.807) is 0 Å². The Hall–Kier alpha value is -0.610. The van der Waals surface area contributed by atoms with E-state index in [0.29, 0.717) is 0 Å². The number of carbonyl (C=O) groups is 1. The van der Waals surface area contributed by atoms with Gasteiger partial charge in [-0.25, -0.2) is 0 Å². The molecule has 0 aromatic rings. The Morgan fingerprint density at radius 3 is 2.46 bits per heavy atom. The molecular weight excluding hydrogens is 298 g/mol. The third kappa shape index (κ3) is 3.65. The second-order valence-corrected chi connectivity index (χ2v) is 9.55. The summed E-state index contributed by atoms with van der Waals surface area (Å²) >= 11 is 0. The maximum absolute atomic E-state index is 12.8. The van der Waals surface area contributed by atoms with Crippen LogP contribution in [0.3, 0.4) is 0 Å². The van der Waals surface area contributed by atoms with Gasteiger partial charge >= 0.3 is 0 Å². The van der Waals surface area contributed by atoms with Gasteiger partial charge in [0.25, 0.3) is 0 Å². The van der Waals surface area contributed by atoms with E-state index >= 15 is 0 Å². The van der Waals surface area contributed by atoms with E-state index in [-0.39, 0.29) is 16.9 Å². The molecule has 1 atom stereocenters. The maximum atomic E-state index is 12.8. The Kier molecular flexibility index (Phi) is 5.27. The lowest BCUT2D eigenvalue weighted by Gasteiger charge is -2.47. The highest BCUT2D eigenvalue weighted by molar-refractivity contribution is 5.87. The van der Waals surface area contributed by atoms with Gasteiger partial charge in [-0.15, -0.1) is 0 Å². The molecule has 3 fully saturated rings. The number of nitrogens with zero attached hydrogens (tertiary/aromatic N) is 2. The molecule has 1 N–H and O–H groups in total. The van der Waals surface area contributed by atoms with Crippen molar-refractivity contribution in [3.05, 3.63) is 0 Å². The highest BCUT2D eigenvalue weighted by atomic mass is 16.2. The Bertz CT molecular complexity index is 454. The molecule has 2 aliphatic carbocycles. The molecule has 4 heteroatoms. The van der Waals surface area contributed by atoms with Crippen LogP contribution in [0.5, 0.6) is 0 Å². The highest BCUT2D eigenvalue weighted by Crippen LogP contribution is 2.38. The van der Waals surface area contributed by atoms with Crippen molar-refractivity contribution in [1.29, 1.82) is 0 Å². The molecule has 0 aromatic heterocycles. The summed E-state index contributed by atoms with van der Waals surface area (Å²) in [5.74, 6) is 2.11. The third-order valence-electron chi connectivity index (χ3n) is 6.98. The molecule has 4 nitrogen and oxygen atoms in total. The molecule has 1 unspecified atom stereocenters. The van der Waals surface area contributed by atoms with Crippen LogP contribution in [0.15, 0.2) is 0 Å². The predicted octanol–water partition coefficient (Wildman–Crippen LogP) is 2.74. The fourth-order valence-corrected chi connectivity index (χ4v) is 5.16. The monoisotopic (exact) mass is 335 g/mol. The van der Waals surface area contributed by atoms with Gasteiger partial charge in [0, 0.05) is 19.6 Å². The third-order valence-corrected chi connectivity index (χ3v) is 6.98. The second kappa shape index (κ2) is 6.95. The molecule has 2 saturated carbocycles. The summed E-state index contributed by atoms with van der Waals surface area (Å²) in [7, 11) is 4.09. The summed E-state index contributed by atoms with van der Waals surface area (Å²) in [5.41, 5.74) is 0.00725. The molecule has 24 heavy (non-hydrogen) atoms. The summed E-state index contributed by atoms with van der Waals surface area (Å²) in [4.78, 5) is 17.5. The Labute approximate surface area is 148 Å². The van der Waals surface area contributed by atoms with Crippen LogP contribution in [-0.4, -0.2) is 61.5 Å². The smallest absolute Gasteiger partial charge is 0.240 e. The van der Waals surface area contributed by atoms with Crippen molar-refractivity contribution < 1.29 is 4.79 Å². The van der Waals surface area contributed by atoms with Crippen molar-refractivity contribution in [2.75, 3.05) is 40.3 Å². The summed E-state index contributed by atoms with van der Waals surface area (Å²) < 4.78 is 0. The van der Waals surface area contributed by atoms with Crippen LogP contribution < -0.4 is 5.32 Å². The van der Waals surface area contributed by atoms with Crippen LogP contribution in [0.25, 0.3) is 0 Å². The number of carbonyl (C=O) groups excluding carboxylic acids is 1. The van der Waals surface area contributed by atoms with Crippen LogP contribution in [-0.2, 0) is 4.79 Å². The van der Waals surface area contributed by atoms with Gasteiger partial charge < -0.3 is 10.2 Å². The molecular formula is C20H37N3O. The first kappa shape index (κ1) is 18.2. The number of piperidine rings is 1. The topological polar surface area (TPSA) is 35.6 Å². The van der Waals surface area contributed by atoms with E-state index in [4.69, 9.17) is 0 Å². The molecule has 0 aromatic carbocycles. The number of likely N-dealkylation sites (N-methyl/N-ethyl adjacent to an activating group) is 1. The normalized spacial score (nSPS) is 36.0. The number of hydrogen-bond donors (Lipinski definition) is 1. The van der Waals surface area contributed by atoms with Crippen LogP contribution in [0.4, 0.5) is 0 Å². The number of nitrogens with one attached hydrogen (secondary N) is 1. The average molecular weight is 336 g/mol. The SMILES string of the molecule is CC1CC(CN2CCCC(C)(CNC(=O)C3(N(C)C)CCC3)C2)C1. The highest BCUT2D eigenvalue weighted by Gasteiger charge is 2.46. The molecule has 0 bridgehead atoms. The Morgan fingerprint density at radius 1 is 1.21 bits per heavy atom. The van der Waals surface area contributed by atoms with Crippen molar-refractivity contribution in [3.8, 4) is 0 Å². The average Bonchev–Trinajstić information content (AvgIpc) is 2.42. The van der Waals surface area contributed by atoms with E-state index in [1.165, 1.54) is 45.2 Å². The van der Waals surface area contributed by atoms with Gasteiger partial charge in [0.2, 0.25) is 5.91 Å². The molecule has 0 spiro atoms. The Balaban J connectivity index is 1.49. The predicted molar refractivity (Wildman–Crippen MR) is 98.9 cm³/mol. The van der Waals surface area contributed by atoms with Crippen molar-refractivity contribution in [2.45, 2.75) is 64.3 Å². The number of hydrogen-bond acceptors (Lipinski definition) is 3. The van der Waals surface area contributed by atoms with Gasteiger partial charge in [0.15, 0.2) is 0 Å². The number of likely N-dealkylation sites (tertiary alicyclic amines) is 1. The van der Waals surface area contributed by atoms with Gasteiger partial charge in [-0.05, 0) is 82.8 Å². The van der Waals surface area contributed by atoms with Gasteiger partial charge in [0.1, 0.15) is 0 Å². The largest absolute Gasteiger partial charge is 0.354 e. The number of rotatable bonds is 6. The minimum absolute atomic E-state index is 0.229. The molecule has 1 amide bonds. The van der Waals surface area contributed by atoms with E-state index in [0.717, 1.165) is 37.8 Å². The summed E-state index contributed by atoms with van der Waals surface area (Å²) in [6, 6.07) is 0. The zero-order chi connectivity index (χ0) is 17.4. The molecule has 3 rings (SSSR count). The standard InChI is InChI=1S/C20H37N3O/c1-16-11-17(12-16)13-23-10-6-7-19(2,15-23)14-21-18(24)20(22(3)4)8-5-9-20/h16-17H,5-15H2,1-4H3,(H,21,24). The first-order valence-electron chi connectivity index (χ1n) is 10.0. The van der Waals surface area contributed by atoms with E-state index in [9.17, 15) is 4.79 Å². The minimum Gasteiger partial charge on any atom is -0.354 e. The lowest BCUT2D eigenvalue weighted by Crippen LogP contribution is -2.62. The molecule has 3 aliphatic rings. The first-order chi connectivity index (χ1) is 11.3. The van der Waals surface area contributed by atoms with Crippen molar-refractivity contribution >= 4 is 5.91 Å². The number of amides is 1. The van der Waals surface area contributed by atoms with Crippen LogP contribution >= 0.6 is 0 Å². The molecule has 1 aliphatic heterocycles. The summed E-state index contributed by atoms with van der Waals surface area (Å²) in [6.07, 6.45) is 8.53.